The van der Waals surface area contributed by atoms with E-state index < -0.39 is 10.0 Å². The fourth-order valence-electron chi connectivity index (χ4n) is 4.16. The van der Waals surface area contributed by atoms with E-state index in [4.69, 9.17) is 14.2 Å². The molecule has 2 aromatic carbocycles. The molecule has 0 spiro atoms. The predicted octanol–water partition coefficient (Wildman–Crippen LogP) is 3.06. The maximum Gasteiger partial charge on any atom is 0.243 e. The Bertz CT molecular complexity index is 1110. The average Bonchev–Trinajstić information content (AvgIpc) is 3.38. The number of methoxy groups -OCH3 is 1. The number of rotatable bonds is 8. The Kier molecular flexibility index (Phi) is 7.09. The van der Waals surface area contributed by atoms with Gasteiger partial charge in [-0.1, -0.05) is 6.07 Å². The summed E-state index contributed by atoms with van der Waals surface area (Å²) in [5.41, 5.74) is 1.61. The van der Waals surface area contributed by atoms with Crippen molar-refractivity contribution in [3.63, 3.8) is 0 Å². The minimum absolute atomic E-state index is 0.132. The first-order chi connectivity index (χ1) is 15.9. The van der Waals surface area contributed by atoms with E-state index >= 15 is 0 Å². The van der Waals surface area contributed by atoms with Crippen LogP contribution < -0.4 is 19.5 Å². The van der Waals surface area contributed by atoms with E-state index in [0.29, 0.717) is 55.5 Å². The van der Waals surface area contributed by atoms with Crippen molar-refractivity contribution in [2.24, 2.45) is 0 Å². The molecule has 4 rings (SSSR count). The van der Waals surface area contributed by atoms with Gasteiger partial charge in [0.15, 0.2) is 11.5 Å². The van der Waals surface area contributed by atoms with Gasteiger partial charge in [0.2, 0.25) is 15.9 Å². The van der Waals surface area contributed by atoms with Crippen LogP contribution in [-0.4, -0.2) is 52.0 Å². The van der Waals surface area contributed by atoms with Crippen molar-refractivity contribution in [3.05, 3.63) is 47.5 Å². The molecule has 0 saturated carbocycles. The lowest BCUT2D eigenvalue weighted by Gasteiger charge is -2.21. The van der Waals surface area contributed by atoms with E-state index in [-0.39, 0.29) is 23.3 Å². The lowest BCUT2D eigenvalue weighted by atomic mass is 10.1. The number of nitrogens with zero attached hydrogens (tertiary/aromatic N) is 1. The molecule has 33 heavy (non-hydrogen) atoms. The van der Waals surface area contributed by atoms with E-state index in [0.717, 1.165) is 18.4 Å². The average molecular weight is 475 g/mol. The number of ether oxygens (including phenoxy) is 3. The van der Waals surface area contributed by atoms with E-state index in [2.05, 4.69) is 5.32 Å². The van der Waals surface area contributed by atoms with Crippen LogP contribution in [0.2, 0.25) is 0 Å². The van der Waals surface area contributed by atoms with E-state index in [1.165, 1.54) is 11.4 Å². The van der Waals surface area contributed by atoms with Gasteiger partial charge in [0.25, 0.3) is 0 Å². The molecule has 1 amide bonds. The molecule has 0 radical (unpaired) electrons. The summed E-state index contributed by atoms with van der Waals surface area (Å²) in [4.78, 5) is 12.9. The van der Waals surface area contributed by atoms with Crippen LogP contribution >= 0.6 is 0 Å². The van der Waals surface area contributed by atoms with E-state index in [1.807, 2.05) is 25.1 Å². The van der Waals surface area contributed by atoms with Gasteiger partial charge in [-0.3, -0.25) is 4.79 Å². The van der Waals surface area contributed by atoms with Crippen LogP contribution in [0.1, 0.15) is 43.4 Å². The van der Waals surface area contributed by atoms with Crippen molar-refractivity contribution < 1.29 is 27.4 Å². The second-order valence-corrected chi connectivity index (χ2v) is 10.2. The highest BCUT2D eigenvalue weighted by atomic mass is 32.2. The number of carbonyl (C=O) groups excluding carboxylic acids is 1. The predicted molar refractivity (Wildman–Crippen MR) is 123 cm³/mol. The Morgan fingerprint density at radius 1 is 1.09 bits per heavy atom. The number of hydrogen-bond donors (Lipinski definition) is 1. The van der Waals surface area contributed by atoms with Crippen molar-refractivity contribution in [2.75, 3.05) is 33.4 Å². The second-order valence-electron chi connectivity index (χ2n) is 8.28. The molecule has 0 bridgehead atoms. The molecule has 2 aliphatic heterocycles. The molecular formula is C24H30N2O6S. The monoisotopic (exact) mass is 474 g/mol. The quantitative estimate of drug-likeness (QED) is 0.632. The van der Waals surface area contributed by atoms with Gasteiger partial charge in [-0.15, -0.1) is 0 Å². The standard InChI is InChI=1S/C24H30N2O6S/c1-17(18-5-8-22-23(16-18)32-14-13-31-22)25-24(27)10-6-19-15-20(7-9-21(19)30-2)33(28,29)26-11-3-4-12-26/h5,7-9,15-17H,3-4,6,10-14H2,1-2H3,(H,25,27)/t17-/m0/s1. The Morgan fingerprint density at radius 3 is 2.55 bits per heavy atom. The molecule has 8 nitrogen and oxygen atoms in total. The molecule has 1 N–H and O–H groups in total. The number of amides is 1. The summed E-state index contributed by atoms with van der Waals surface area (Å²) in [6, 6.07) is 10.3. The third kappa shape index (κ3) is 5.25. The minimum Gasteiger partial charge on any atom is -0.496 e. The largest absolute Gasteiger partial charge is 0.496 e. The van der Waals surface area contributed by atoms with Crippen LogP contribution in [0, 0.1) is 0 Å². The van der Waals surface area contributed by atoms with Crippen LogP contribution in [0.4, 0.5) is 0 Å². The van der Waals surface area contributed by atoms with Crippen LogP contribution in [0.3, 0.4) is 0 Å². The van der Waals surface area contributed by atoms with Crippen LogP contribution in [0.25, 0.3) is 0 Å². The number of nitrogens with one attached hydrogen (secondary N) is 1. The first-order valence-corrected chi connectivity index (χ1v) is 12.7. The number of hydrogen-bond acceptors (Lipinski definition) is 6. The lowest BCUT2D eigenvalue weighted by molar-refractivity contribution is -0.121. The van der Waals surface area contributed by atoms with Gasteiger partial charge < -0.3 is 19.5 Å². The Balaban J connectivity index is 1.41. The highest BCUT2D eigenvalue weighted by Gasteiger charge is 2.28. The van der Waals surface area contributed by atoms with Gasteiger partial charge in [0, 0.05) is 19.5 Å². The van der Waals surface area contributed by atoms with Crippen LogP contribution in [-0.2, 0) is 21.2 Å². The fourth-order valence-corrected chi connectivity index (χ4v) is 5.73. The molecule has 1 fully saturated rings. The second kappa shape index (κ2) is 10.0. The Labute approximate surface area is 194 Å². The zero-order valence-electron chi connectivity index (χ0n) is 19.0. The van der Waals surface area contributed by atoms with Crippen molar-refractivity contribution >= 4 is 15.9 Å². The lowest BCUT2D eigenvalue weighted by Crippen LogP contribution is -2.28. The number of sulfonamides is 1. The summed E-state index contributed by atoms with van der Waals surface area (Å²) in [7, 11) is -1.99. The highest BCUT2D eigenvalue weighted by Crippen LogP contribution is 2.33. The van der Waals surface area contributed by atoms with Crippen molar-refractivity contribution in [2.45, 2.75) is 43.5 Å². The van der Waals surface area contributed by atoms with Gasteiger partial charge in [-0.05, 0) is 67.6 Å². The van der Waals surface area contributed by atoms with E-state index in [1.54, 1.807) is 18.2 Å². The van der Waals surface area contributed by atoms with Gasteiger partial charge in [0.1, 0.15) is 19.0 Å². The Hall–Kier alpha value is -2.78. The maximum absolute atomic E-state index is 12.9. The van der Waals surface area contributed by atoms with Gasteiger partial charge in [0.05, 0.1) is 18.0 Å². The minimum atomic E-state index is -3.53. The summed E-state index contributed by atoms with van der Waals surface area (Å²) >= 11 is 0. The first kappa shape index (κ1) is 23.4. The number of benzene rings is 2. The number of carbonyl (C=O) groups is 1. The third-order valence-electron chi connectivity index (χ3n) is 6.02. The number of aryl methyl sites for hydroxylation is 1. The van der Waals surface area contributed by atoms with Crippen LogP contribution in [0.15, 0.2) is 41.3 Å². The summed E-state index contributed by atoms with van der Waals surface area (Å²) in [6.45, 7) is 4.04. The van der Waals surface area contributed by atoms with Crippen molar-refractivity contribution in [3.8, 4) is 17.2 Å². The summed E-state index contributed by atoms with van der Waals surface area (Å²) in [5.74, 6) is 1.83. The molecule has 1 atom stereocenters. The summed E-state index contributed by atoms with van der Waals surface area (Å²) in [6.07, 6.45) is 2.33. The fraction of sp³-hybridized carbons (Fsp3) is 0.458. The zero-order chi connectivity index (χ0) is 23.4. The van der Waals surface area contributed by atoms with Gasteiger partial charge >= 0.3 is 0 Å². The molecule has 2 heterocycles. The summed E-state index contributed by atoms with van der Waals surface area (Å²) in [5, 5.41) is 3.00. The van der Waals surface area contributed by atoms with Crippen molar-refractivity contribution in [1.82, 2.24) is 9.62 Å². The molecule has 178 valence electrons. The molecule has 1 saturated heterocycles. The molecule has 2 aliphatic rings. The molecule has 0 unspecified atom stereocenters. The van der Waals surface area contributed by atoms with E-state index in [9.17, 15) is 13.2 Å². The summed E-state index contributed by atoms with van der Waals surface area (Å²) < 4.78 is 43.9. The Morgan fingerprint density at radius 2 is 1.82 bits per heavy atom. The molecule has 9 heteroatoms. The molecule has 0 aliphatic carbocycles. The zero-order valence-corrected chi connectivity index (χ0v) is 19.8. The van der Waals surface area contributed by atoms with Gasteiger partial charge in [-0.25, -0.2) is 8.42 Å². The molecular weight excluding hydrogens is 444 g/mol. The van der Waals surface area contributed by atoms with Gasteiger partial charge in [-0.2, -0.15) is 4.31 Å². The molecule has 0 aromatic heterocycles. The van der Waals surface area contributed by atoms with Crippen molar-refractivity contribution in [1.29, 1.82) is 0 Å². The normalized spacial score (nSPS) is 16.9. The topological polar surface area (TPSA) is 94.2 Å². The maximum atomic E-state index is 12.9. The SMILES string of the molecule is COc1ccc(S(=O)(=O)N2CCCC2)cc1CCC(=O)N[C@@H](C)c1ccc2c(c1)OCCO2. The smallest absolute Gasteiger partial charge is 0.243 e. The third-order valence-corrected chi connectivity index (χ3v) is 7.91. The van der Waals surface area contributed by atoms with Crippen LogP contribution in [0.5, 0.6) is 17.2 Å². The molecule has 2 aromatic rings. The highest BCUT2D eigenvalue weighted by molar-refractivity contribution is 7.89. The first-order valence-electron chi connectivity index (χ1n) is 11.2. The number of fused-ring (bicyclic) bond motifs is 1.